The van der Waals surface area contributed by atoms with Gasteiger partial charge in [-0.1, -0.05) is 0 Å². The highest BCUT2D eigenvalue weighted by Crippen LogP contribution is 2.31. The molecule has 3 aliphatic rings. The van der Waals surface area contributed by atoms with Crippen LogP contribution in [0.5, 0.6) is 0 Å². The fraction of sp³-hybridized carbons (Fsp3) is 1.00. The van der Waals surface area contributed by atoms with Crippen LogP contribution < -0.4 is 0 Å². The Morgan fingerprint density at radius 1 is 0.594 bits per heavy atom. The molecule has 14 atom stereocenters. The molecule has 0 saturated carbocycles. The second kappa shape index (κ2) is 10.8. The minimum absolute atomic E-state index is 0.428. The lowest BCUT2D eigenvalue weighted by molar-refractivity contribution is -0.385. The number of aliphatic hydroxyl groups excluding tert-OH is 10. The van der Waals surface area contributed by atoms with E-state index in [0.717, 1.165) is 0 Å². The van der Waals surface area contributed by atoms with Gasteiger partial charge in [0.2, 0.25) is 0 Å². The standard InChI is InChI=1S/C17H30O15/c18-1-5-8(22)10(24)13(15(27)29-5)31-17-14(11(25)9(23)6(2-19)30-17)32-16-12(26)7(21)4(20)3-28-16/h4-27H,1-3H2/t4-,5-,6-,7+,8-,9-,10+,11+,12-,13-,14-,15-,16+,17+/m1/s1. The lowest BCUT2D eigenvalue weighted by Crippen LogP contribution is -2.66. The van der Waals surface area contributed by atoms with Gasteiger partial charge in [0.1, 0.15) is 67.1 Å². The summed E-state index contributed by atoms with van der Waals surface area (Å²) in [6, 6.07) is 0. The minimum atomic E-state index is -1.86. The van der Waals surface area contributed by atoms with Crippen molar-refractivity contribution < 1.29 is 74.7 Å². The van der Waals surface area contributed by atoms with Crippen LogP contribution in [0.4, 0.5) is 0 Å². The first-order valence-electron chi connectivity index (χ1n) is 10.00. The molecule has 3 fully saturated rings. The Balaban J connectivity index is 1.79. The third-order valence-corrected chi connectivity index (χ3v) is 5.70. The van der Waals surface area contributed by atoms with Gasteiger partial charge >= 0.3 is 0 Å². The van der Waals surface area contributed by atoms with Gasteiger partial charge in [0.25, 0.3) is 0 Å². The average molecular weight is 474 g/mol. The Bertz CT molecular complexity index is 596. The Labute approximate surface area is 181 Å². The normalized spacial score (nSPS) is 52.7. The summed E-state index contributed by atoms with van der Waals surface area (Å²) in [5, 5.41) is 99.2. The molecular weight excluding hydrogens is 444 g/mol. The molecule has 0 aromatic rings. The second-order valence-electron chi connectivity index (χ2n) is 7.89. The molecule has 0 bridgehead atoms. The monoisotopic (exact) mass is 474 g/mol. The van der Waals surface area contributed by atoms with E-state index in [1.54, 1.807) is 0 Å². The molecule has 0 amide bonds. The van der Waals surface area contributed by atoms with E-state index in [2.05, 4.69) is 0 Å². The van der Waals surface area contributed by atoms with Gasteiger partial charge in [0.15, 0.2) is 18.9 Å². The highest BCUT2D eigenvalue weighted by Gasteiger charge is 2.52. The minimum Gasteiger partial charge on any atom is -0.394 e. The van der Waals surface area contributed by atoms with Crippen molar-refractivity contribution in [2.75, 3.05) is 19.8 Å². The van der Waals surface area contributed by atoms with Crippen LogP contribution in [0.2, 0.25) is 0 Å². The topological polar surface area (TPSA) is 248 Å². The Kier molecular flexibility index (Phi) is 8.75. The van der Waals surface area contributed by atoms with Gasteiger partial charge in [-0.25, -0.2) is 0 Å². The molecule has 3 aliphatic heterocycles. The lowest BCUT2D eigenvalue weighted by Gasteiger charge is -2.47. The molecule has 0 aromatic heterocycles. The number of aliphatic hydroxyl groups is 10. The quantitative estimate of drug-likeness (QED) is 0.172. The summed E-state index contributed by atoms with van der Waals surface area (Å²) in [5.74, 6) is 0. The molecule has 15 nitrogen and oxygen atoms in total. The molecule has 0 spiro atoms. The zero-order chi connectivity index (χ0) is 23.7. The summed E-state index contributed by atoms with van der Waals surface area (Å²) < 4.78 is 26.4. The molecule has 188 valence electrons. The van der Waals surface area contributed by atoms with E-state index in [1.165, 1.54) is 0 Å². The van der Waals surface area contributed by atoms with Crippen molar-refractivity contribution in [2.45, 2.75) is 86.0 Å². The van der Waals surface area contributed by atoms with E-state index in [4.69, 9.17) is 28.8 Å². The molecule has 3 saturated heterocycles. The predicted octanol–water partition coefficient (Wildman–Crippen LogP) is -6.93. The van der Waals surface area contributed by atoms with Crippen molar-refractivity contribution in [1.29, 1.82) is 0 Å². The summed E-state index contributed by atoms with van der Waals surface area (Å²) >= 11 is 0. The first kappa shape index (κ1) is 26.0. The highest BCUT2D eigenvalue weighted by atomic mass is 16.8. The summed E-state index contributed by atoms with van der Waals surface area (Å²) in [6.45, 7) is -1.90. The van der Waals surface area contributed by atoms with Gasteiger partial charge < -0.3 is 74.7 Å². The zero-order valence-corrected chi connectivity index (χ0v) is 16.7. The average Bonchev–Trinajstić information content (AvgIpc) is 2.78. The maximum absolute atomic E-state index is 10.5. The predicted molar refractivity (Wildman–Crippen MR) is 95.2 cm³/mol. The van der Waals surface area contributed by atoms with Gasteiger partial charge in [0.05, 0.1) is 19.8 Å². The molecule has 32 heavy (non-hydrogen) atoms. The van der Waals surface area contributed by atoms with Gasteiger partial charge in [-0.05, 0) is 0 Å². The van der Waals surface area contributed by atoms with Crippen molar-refractivity contribution in [2.24, 2.45) is 0 Å². The molecular formula is C17H30O15. The van der Waals surface area contributed by atoms with Crippen molar-refractivity contribution in [3.05, 3.63) is 0 Å². The maximum Gasteiger partial charge on any atom is 0.187 e. The van der Waals surface area contributed by atoms with Crippen LogP contribution in [0.15, 0.2) is 0 Å². The molecule has 0 aromatic carbocycles. The number of rotatable bonds is 6. The first-order chi connectivity index (χ1) is 15.1. The molecule has 0 aliphatic carbocycles. The van der Waals surface area contributed by atoms with Crippen LogP contribution in [-0.2, 0) is 23.7 Å². The van der Waals surface area contributed by atoms with E-state index >= 15 is 0 Å². The summed E-state index contributed by atoms with van der Waals surface area (Å²) in [5.41, 5.74) is 0. The third kappa shape index (κ3) is 5.07. The molecule has 3 heterocycles. The van der Waals surface area contributed by atoms with E-state index in [-0.39, 0.29) is 0 Å². The Hall–Kier alpha value is -0.600. The molecule has 15 heteroatoms. The van der Waals surface area contributed by atoms with Crippen LogP contribution in [-0.4, -0.2) is 157 Å². The lowest BCUT2D eigenvalue weighted by atomic mass is 9.97. The van der Waals surface area contributed by atoms with Gasteiger partial charge in [0, 0.05) is 0 Å². The summed E-state index contributed by atoms with van der Waals surface area (Å²) in [4.78, 5) is 0. The van der Waals surface area contributed by atoms with Gasteiger partial charge in [-0.15, -0.1) is 0 Å². The number of hydrogen-bond acceptors (Lipinski definition) is 15. The maximum atomic E-state index is 10.5. The summed E-state index contributed by atoms with van der Waals surface area (Å²) in [7, 11) is 0. The first-order valence-corrected chi connectivity index (χ1v) is 10.00. The van der Waals surface area contributed by atoms with Crippen LogP contribution >= 0.6 is 0 Å². The van der Waals surface area contributed by atoms with E-state index in [0.29, 0.717) is 0 Å². The largest absolute Gasteiger partial charge is 0.394 e. The van der Waals surface area contributed by atoms with E-state index in [9.17, 15) is 46.0 Å². The highest BCUT2D eigenvalue weighted by molar-refractivity contribution is 4.95. The van der Waals surface area contributed by atoms with Crippen LogP contribution in [0.3, 0.4) is 0 Å². The summed E-state index contributed by atoms with van der Waals surface area (Å²) in [6.07, 6.45) is -23.0. The second-order valence-corrected chi connectivity index (χ2v) is 7.89. The third-order valence-electron chi connectivity index (χ3n) is 5.70. The Morgan fingerprint density at radius 2 is 1.12 bits per heavy atom. The van der Waals surface area contributed by atoms with E-state index in [1.807, 2.05) is 0 Å². The SMILES string of the molecule is OC[C@H]1O[C@@H](O)[C@H](O[C@@H]2O[C@H](CO)[C@@H](O)[C@H](O)[C@H]2O[C@@H]2OC[C@@H](O)[C@H](O)[C@H]2O)[C@@H](O)[C@@H]1O. The molecule has 0 radical (unpaired) electrons. The smallest absolute Gasteiger partial charge is 0.187 e. The fourth-order valence-corrected chi connectivity index (χ4v) is 3.74. The van der Waals surface area contributed by atoms with Gasteiger partial charge in [-0.3, -0.25) is 0 Å². The Morgan fingerprint density at radius 3 is 1.72 bits per heavy atom. The van der Waals surface area contributed by atoms with E-state index < -0.39 is 106 Å². The number of ether oxygens (including phenoxy) is 5. The fourth-order valence-electron chi connectivity index (χ4n) is 3.74. The van der Waals surface area contributed by atoms with Crippen LogP contribution in [0.25, 0.3) is 0 Å². The van der Waals surface area contributed by atoms with Crippen LogP contribution in [0, 0.1) is 0 Å². The van der Waals surface area contributed by atoms with Crippen molar-refractivity contribution in [1.82, 2.24) is 0 Å². The van der Waals surface area contributed by atoms with Crippen molar-refractivity contribution in [3.8, 4) is 0 Å². The van der Waals surface area contributed by atoms with Gasteiger partial charge in [-0.2, -0.15) is 0 Å². The van der Waals surface area contributed by atoms with Crippen molar-refractivity contribution >= 4 is 0 Å². The van der Waals surface area contributed by atoms with Crippen molar-refractivity contribution in [3.63, 3.8) is 0 Å². The molecule has 0 unspecified atom stereocenters. The molecule has 3 rings (SSSR count). The molecule has 10 N–H and O–H groups in total. The number of hydrogen-bond donors (Lipinski definition) is 10. The zero-order valence-electron chi connectivity index (χ0n) is 16.7. The van der Waals surface area contributed by atoms with Crippen LogP contribution in [0.1, 0.15) is 0 Å².